The molecule has 0 aromatic heterocycles. The maximum atomic E-state index is 13.6. The number of sulfonamides is 1. The molecular formula is C14H22FN3O2S. The van der Waals surface area contributed by atoms with E-state index in [1.54, 1.807) is 18.2 Å². The normalized spacial score (nSPS) is 19.6. The van der Waals surface area contributed by atoms with Gasteiger partial charge in [-0.3, -0.25) is 0 Å². The minimum Gasteiger partial charge on any atom is -0.324 e. The predicted molar refractivity (Wildman–Crippen MR) is 80.8 cm³/mol. The molecule has 1 aliphatic heterocycles. The van der Waals surface area contributed by atoms with E-state index in [1.807, 2.05) is 0 Å². The van der Waals surface area contributed by atoms with Crippen molar-refractivity contribution >= 4 is 10.0 Å². The van der Waals surface area contributed by atoms with Crippen molar-refractivity contribution in [2.24, 2.45) is 5.73 Å². The van der Waals surface area contributed by atoms with Crippen molar-refractivity contribution in [3.05, 3.63) is 35.6 Å². The molecule has 0 radical (unpaired) electrons. The number of halogens is 1. The average molecular weight is 315 g/mol. The van der Waals surface area contributed by atoms with Gasteiger partial charge in [0, 0.05) is 44.3 Å². The molecular weight excluding hydrogens is 293 g/mol. The van der Waals surface area contributed by atoms with Gasteiger partial charge in [0.05, 0.1) is 6.26 Å². The van der Waals surface area contributed by atoms with Crippen LogP contribution in [0.5, 0.6) is 0 Å². The van der Waals surface area contributed by atoms with Gasteiger partial charge in [-0.15, -0.1) is 0 Å². The van der Waals surface area contributed by atoms with E-state index in [0.717, 1.165) is 6.54 Å². The maximum absolute atomic E-state index is 13.6. The van der Waals surface area contributed by atoms with E-state index in [1.165, 1.54) is 16.6 Å². The molecule has 0 bridgehead atoms. The highest BCUT2D eigenvalue weighted by molar-refractivity contribution is 7.88. The molecule has 2 N–H and O–H groups in total. The monoisotopic (exact) mass is 315 g/mol. The molecule has 1 aromatic carbocycles. The second kappa shape index (κ2) is 6.83. The van der Waals surface area contributed by atoms with Gasteiger partial charge in [-0.25, -0.2) is 12.8 Å². The summed E-state index contributed by atoms with van der Waals surface area (Å²) in [5, 5.41) is 0. The molecule has 1 aromatic rings. The molecule has 2 rings (SSSR count). The van der Waals surface area contributed by atoms with Crippen LogP contribution in [0.15, 0.2) is 24.3 Å². The van der Waals surface area contributed by atoms with E-state index < -0.39 is 10.0 Å². The molecule has 1 aliphatic rings. The molecule has 0 amide bonds. The first-order chi connectivity index (χ1) is 9.88. The highest BCUT2D eigenvalue weighted by Crippen LogP contribution is 2.18. The van der Waals surface area contributed by atoms with Crippen molar-refractivity contribution in [1.29, 1.82) is 0 Å². The molecule has 1 saturated heterocycles. The Balaban J connectivity index is 1.81. The van der Waals surface area contributed by atoms with Crippen molar-refractivity contribution in [1.82, 2.24) is 9.21 Å². The third-order valence-electron chi connectivity index (χ3n) is 3.86. The number of piperazine rings is 1. The van der Waals surface area contributed by atoms with Gasteiger partial charge in [0.15, 0.2) is 0 Å². The summed E-state index contributed by atoms with van der Waals surface area (Å²) in [6.07, 6.45) is 1.89. The Hall–Kier alpha value is -1.02. The zero-order chi connectivity index (χ0) is 15.5. The SMILES string of the molecule is CS(=O)(=O)N1CCN(CCC(N)c2ccccc2F)CC1. The van der Waals surface area contributed by atoms with Gasteiger partial charge in [0.25, 0.3) is 0 Å². The molecule has 0 aliphatic carbocycles. The molecule has 0 spiro atoms. The minimum absolute atomic E-state index is 0.271. The Morgan fingerprint density at radius 2 is 1.86 bits per heavy atom. The highest BCUT2D eigenvalue weighted by atomic mass is 32.2. The zero-order valence-electron chi connectivity index (χ0n) is 12.2. The molecule has 1 heterocycles. The average Bonchev–Trinajstić information content (AvgIpc) is 2.45. The summed E-state index contributed by atoms with van der Waals surface area (Å²) in [6.45, 7) is 3.14. The Morgan fingerprint density at radius 1 is 1.24 bits per heavy atom. The second-order valence-electron chi connectivity index (χ2n) is 5.42. The first kappa shape index (κ1) is 16.4. The second-order valence-corrected chi connectivity index (χ2v) is 7.40. The highest BCUT2D eigenvalue weighted by Gasteiger charge is 2.23. The van der Waals surface area contributed by atoms with Gasteiger partial charge < -0.3 is 10.6 Å². The third kappa shape index (κ3) is 4.47. The van der Waals surface area contributed by atoms with E-state index in [4.69, 9.17) is 5.73 Å². The maximum Gasteiger partial charge on any atom is 0.211 e. The van der Waals surface area contributed by atoms with Crippen LogP contribution in [0.25, 0.3) is 0 Å². The Morgan fingerprint density at radius 3 is 2.43 bits per heavy atom. The summed E-state index contributed by atoms with van der Waals surface area (Å²) >= 11 is 0. The summed E-state index contributed by atoms with van der Waals surface area (Å²) in [7, 11) is -3.10. The molecule has 7 heteroatoms. The molecule has 1 fully saturated rings. The molecule has 5 nitrogen and oxygen atoms in total. The minimum atomic E-state index is -3.10. The fourth-order valence-corrected chi connectivity index (χ4v) is 3.36. The zero-order valence-corrected chi connectivity index (χ0v) is 13.0. The molecule has 118 valence electrons. The van der Waals surface area contributed by atoms with Crippen LogP contribution >= 0.6 is 0 Å². The lowest BCUT2D eigenvalue weighted by molar-refractivity contribution is 0.183. The Labute approximate surface area is 125 Å². The fraction of sp³-hybridized carbons (Fsp3) is 0.571. The number of hydrogen-bond acceptors (Lipinski definition) is 4. The van der Waals surface area contributed by atoms with Crippen LogP contribution in [-0.4, -0.2) is 56.6 Å². The lowest BCUT2D eigenvalue weighted by Gasteiger charge is -2.33. The van der Waals surface area contributed by atoms with Crippen molar-refractivity contribution in [2.45, 2.75) is 12.5 Å². The lowest BCUT2D eigenvalue weighted by Crippen LogP contribution is -2.48. The summed E-state index contributed by atoms with van der Waals surface area (Å²) in [4.78, 5) is 2.17. The van der Waals surface area contributed by atoms with Crippen LogP contribution in [-0.2, 0) is 10.0 Å². The number of rotatable bonds is 5. The van der Waals surface area contributed by atoms with Crippen LogP contribution in [0.2, 0.25) is 0 Å². The summed E-state index contributed by atoms with van der Waals surface area (Å²) in [6, 6.07) is 6.22. The summed E-state index contributed by atoms with van der Waals surface area (Å²) in [5.74, 6) is -0.271. The van der Waals surface area contributed by atoms with Crippen LogP contribution < -0.4 is 5.73 Å². The number of nitrogens with zero attached hydrogens (tertiary/aromatic N) is 2. The van der Waals surface area contributed by atoms with E-state index in [2.05, 4.69) is 4.90 Å². The van der Waals surface area contributed by atoms with E-state index in [9.17, 15) is 12.8 Å². The fourth-order valence-electron chi connectivity index (χ4n) is 2.54. The lowest BCUT2D eigenvalue weighted by atomic mass is 10.0. The van der Waals surface area contributed by atoms with Gasteiger partial charge >= 0.3 is 0 Å². The van der Waals surface area contributed by atoms with E-state index in [0.29, 0.717) is 38.2 Å². The Kier molecular flexibility index (Phi) is 5.32. The van der Waals surface area contributed by atoms with E-state index in [-0.39, 0.29) is 11.9 Å². The largest absolute Gasteiger partial charge is 0.324 e. The first-order valence-electron chi connectivity index (χ1n) is 7.05. The van der Waals surface area contributed by atoms with Crippen molar-refractivity contribution in [3.8, 4) is 0 Å². The smallest absolute Gasteiger partial charge is 0.211 e. The molecule has 21 heavy (non-hydrogen) atoms. The summed E-state index contributed by atoms with van der Waals surface area (Å²) in [5.41, 5.74) is 6.57. The molecule has 1 unspecified atom stereocenters. The molecule has 0 saturated carbocycles. The van der Waals surface area contributed by atoms with Crippen molar-refractivity contribution in [2.75, 3.05) is 39.0 Å². The first-order valence-corrected chi connectivity index (χ1v) is 8.90. The van der Waals surface area contributed by atoms with Crippen LogP contribution in [0.1, 0.15) is 18.0 Å². The van der Waals surface area contributed by atoms with Gasteiger partial charge in [-0.1, -0.05) is 18.2 Å². The predicted octanol–water partition coefficient (Wildman–Crippen LogP) is 0.793. The van der Waals surface area contributed by atoms with Crippen LogP contribution in [0.3, 0.4) is 0 Å². The third-order valence-corrected chi connectivity index (χ3v) is 5.16. The number of benzene rings is 1. The number of hydrogen-bond donors (Lipinski definition) is 1. The van der Waals surface area contributed by atoms with Crippen LogP contribution in [0.4, 0.5) is 4.39 Å². The summed E-state index contributed by atoms with van der Waals surface area (Å²) < 4.78 is 38.0. The van der Waals surface area contributed by atoms with Crippen molar-refractivity contribution in [3.63, 3.8) is 0 Å². The van der Waals surface area contributed by atoms with Gasteiger partial charge in [0.2, 0.25) is 10.0 Å². The Bertz CT molecular complexity index is 571. The topological polar surface area (TPSA) is 66.6 Å². The quantitative estimate of drug-likeness (QED) is 0.872. The molecule has 1 atom stereocenters. The van der Waals surface area contributed by atoms with Gasteiger partial charge in [-0.05, 0) is 12.5 Å². The van der Waals surface area contributed by atoms with Crippen LogP contribution in [0, 0.1) is 5.82 Å². The number of nitrogens with two attached hydrogens (primary N) is 1. The van der Waals surface area contributed by atoms with E-state index >= 15 is 0 Å². The van der Waals surface area contributed by atoms with Gasteiger partial charge in [-0.2, -0.15) is 4.31 Å². The van der Waals surface area contributed by atoms with Gasteiger partial charge in [0.1, 0.15) is 5.82 Å². The standard InChI is InChI=1S/C14H22FN3O2S/c1-21(19,20)18-10-8-17(9-11-18)7-6-14(16)12-4-2-3-5-13(12)15/h2-5,14H,6-11,16H2,1H3. The van der Waals surface area contributed by atoms with Crippen molar-refractivity contribution < 1.29 is 12.8 Å².